The van der Waals surface area contributed by atoms with E-state index in [1.165, 1.54) is 0 Å². The third-order valence-electron chi connectivity index (χ3n) is 3.41. The van der Waals surface area contributed by atoms with Crippen molar-refractivity contribution < 1.29 is 19.0 Å². The van der Waals surface area contributed by atoms with Crippen molar-refractivity contribution in [3.8, 4) is 11.5 Å². The Labute approximate surface area is 142 Å². The van der Waals surface area contributed by atoms with E-state index < -0.39 is 0 Å². The Balaban J connectivity index is 1.54. The number of esters is 1. The molecule has 0 unspecified atom stereocenters. The molecule has 1 aromatic carbocycles. The maximum Gasteiger partial charge on any atom is 0.308 e. The zero-order valence-corrected chi connectivity index (χ0v) is 14.3. The zero-order valence-electron chi connectivity index (χ0n) is 12.8. The molecular formula is C16H17BrN2O4. The zero-order chi connectivity index (χ0) is 16.2. The number of ether oxygens (including phenoxy) is 3. The number of carbonyl (C=O) groups is 1. The van der Waals surface area contributed by atoms with Gasteiger partial charge in [-0.05, 0) is 24.6 Å². The fourth-order valence-corrected chi connectivity index (χ4v) is 2.68. The maximum absolute atomic E-state index is 11.9. The van der Waals surface area contributed by atoms with Gasteiger partial charge in [-0.3, -0.25) is 9.48 Å². The van der Waals surface area contributed by atoms with E-state index in [9.17, 15) is 4.79 Å². The molecule has 0 fully saturated rings. The van der Waals surface area contributed by atoms with Crippen LogP contribution >= 0.6 is 15.9 Å². The first kappa shape index (κ1) is 15.9. The fourth-order valence-electron chi connectivity index (χ4n) is 2.24. The van der Waals surface area contributed by atoms with Crippen LogP contribution in [0.5, 0.6) is 11.5 Å². The molecule has 0 saturated heterocycles. The summed E-state index contributed by atoms with van der Waals surface area (Å²) in [6.45, 7) is 3.72. The molecule has 0 aliphatic carbocycles. The normalized spacial score (nSPS) is 13.0. The third-order valence-corrected chi connectivity index (χ3v) is 4.15. The molecule has 1 aromatic heterocycles. The molecule has 0 N–H and O–H groups in total. The third kappa shape index (κ3) is 4.04. The summed E-state index contributed by atoms with van der Waals surface area (Å²) in [5.41, 5.74) is 1.91. The van der Waals surface area contributed by atoms with Gasteiger partial charge in [-0.2, -0.15) is 5.10 Å². The van der Waals surface area contributed by atoms with Gasteiger partial charge < -0.3 is 14.2 Å². The van der Waals surface area contributed by atoms with Crippen molar-refractivity contribution >= 4 is 21.9 Å². The molecule has 3 rings (SSSR count). The SMILES string of the molecule is Cc1cnn(CCC(=O)OCc2cc3c(cc2Br)OCCO3)c1. The molecule has 2 aromatic rings. The Morgan fingerprint density at radius 2 is 2.09 bits per heavy atom. The van der Waals surface area contributed by atoms with Crippen molar-refractivity contribution in [2.75, 3.05) is 13.2 Å². The molecule has 0 atom stereocenters. The van der Waals surface area contributed by atoms with Crippen LogP contribution in [0, 0.1) is 6.92 Å². The van der Waals surface area contributed by atoms with E-state index in [0.29, 0.717) is 31.3 Å². The highest BCUT2D eigenvalue weighted by molar-refractivity contribution is 9.10. The molecular weight excluding hydrogens is 364 g/mol. The van der Waals surface area contributed by atoms with Gasteiger partial charge >= 0.3 is 5.97 Å². The van der Waals surface area contributed by atoms with Crippen LogP contribution in [0.3, 0.4) is 0 Å². The molecule has 1 aliphatic heterocycles. The number of carbonyl (C=O) groups excluding carboxylic acids is 1. The smallest absolute Gasteiger partial charge is 0.308 e. The van der Waals surface area contributed by atoms with Crippen molar-refractivity contribution in [1.29, 1.82) is 0 Å². The first-order valence-corrected chi connectivity index (χ1v) is 8.14. The van der Waals surface area contributed by atoms with Gasteiger partial charge in [0.15, 0.2) is 11.5 Å². The van der Waals surface area contributed by atoms with Crippen molar-refractivity contribution in [2.45, 2.75) is 26.5 Å². The molecule has 0 radical (unpaired) electrons. The lowest BCUT2D eigenvalue weighted by Crippen LogP contribution is -2.16. The summed E-state index contributed by atoms with van der Waals surface area (Å²) < 4.78 is 18.9. The van der Waals surface area contributed by atoms with E-state index in [1.807, 2.05) is 25.3 Å². The highest BCUT2D eigenvalue weighted by atomic mass is 79.9. The summed E-state index contributed by atoms with van der Waals surface area (Å²) in [6.07, 6.45) is 3.94. The fraction of sp³-hybridized carbons (Fsp3) is 0.375. The van der Waals surface area contributed by atoms with E-state index in [2.05, 4.69) is 21.0 Å². The molecule has 122 valence electrons. The number of benzene rings is 1. The number of nitrogens with zero attached hydrogens (tertiary/aromatic N) is 2. The van der Waals surface area contributed by atoms with Gasteiger partial charge in [-0.15, -0.1) is 0 Å². The van der Waals surface area contributed by atoms with Crippen LogP contribution in [0.25, 0.3) is 0 Å². The van der Waals surface area contributed by atoms with Gasteiger partial charge in [0, 0.05) is 16.2 Å². The summed E-state index contributed by atoms with van der Waals surface area (Å²) in [4.78, 5) is 11.9. The number of rotatable bonds is 5. The van der Waals surface area contributed by atoms with Crippen LogP contribution in [-0.2, 0) is 22.7 Å². The molecule has 6 nitrogen and oxygen atoms in total. The number of aromatic nitrogens is 2. The average molecular weight is 381 g/mol. The van der Waals surface area contributed by atoms with Crippen molar-refractivity contribution in [2.24, 2.45) is 0 Å². The van der Waals surface area contributed by atoms with Crippen molar-refractivity contribution in [1.82, 2.24) is 9.78 Å². The van der Waals surface area contributed by atoms with Crippen LogP contribution in [0.15, 0.2) is 29.0 Å². The molecule has 7 heteroatoms. The van der Waals surface area contributed by atoms with E-state index in [-0.39, 0.29) is 19.0 Å². The molecule has 0 spiro atoms. The summed E-state index contributed by atoms with van der Waals surface area (Å²) >= 11 is 3.46. The van der Waals surface area contributed by atoms with Gasteiger partial charge in [0.1, 0.15) is 19.8 Å². The molecule has 1 aliphatic rings. The second kappa shape index (κ2) is 7.04. The van der Waals surface area contributed by atoms with Crippen molar-refractivity contribution in [3.05, 3.63) is 40.1 Å². The van der Waals surface area contributed by atoms with E-state index in [4.69, 9.17) is 14.2 Å². The minimum absolute atomic E-state index is 0.189. The first-order chi connectivity index (χ1) is 11.1. The Morgan fingerprint density at radius 3 is 2.78 bits per heavy atom. The van der Waals surface area contributed by atoms with Gasteiger partial charge in [-0.1, -0.05) is 15.9 Å². The summed E-state index contributed by atoms with van der Waals surface area (Å²) in [5, 5.41) is 4.14. The lowest BCUT2D eigenvalue weighted by molar-refractivity contribution is -0.145. The van der Waals surface area contributed by atoms with Gasteiger partial charge in [0.05, 0.1) is 19.2 Å². The lowest BCUT2D eigenvalue weighted by atomic mass is 10.2. The van der Waals surface area contributed by atoms with Crippen molar-refractivity contribution in [3.63, 3.8) is 0 Å². The van der Waals surface area contributed by atoms with E-state index >= 15 is 0 Å². The average Bonchev–Trinajstić information content (AvgIpc) is 2.96. The highest BCUT2D eigenvalue weighted by Gasteiger charge is 2.15. The predicted octanol–water partition coefficient (Wildman–Crippen LogP) is 2.86. The number of hydrogen-bond donors (Lipinski definition) is 0. The minimum atomic E-state index is -0.264. The second-order valence-corrected chi connectivity index (χ2v) is 6.13. The number of hydrogen-bond acceptors (Lipinski definition) is 5. The van der Waals surface area contributed by atoms with E-state index in [0.717, 1.165) is 15.6 Å². The summed E-state index contributed by atoms with van der Waals surface area (Å²) in [5.74, 6) is 1.12. The summed E-state index contributed by atoms with van der Waals surface area (Å²) in [6, 6.07) is 3.67. The lowest BCUT2D eigenvalue weighted by Gasteiger charge is -2.19. The number of halogens is 1. The van der Waals surface area contributed by atoms with Crippen LogP contribution in [0.1, 0.15) is 17.5 Å². The van der Waals surface area contributed by atoms with Gasteiger partial charge in [0.25, 0.3) is 0 Å². The number of fused-ring (bicyclic) bond motifs is 1. The van der Waals surface area contributed by atoms with Crippen LogP contribution in [0.2, 0.25) is 0 Å². The molecule has 0 amide bonds. The van der Waals surface area contributed by atoms with Crippen LogP contribution < -0.4 is 9.47 Å². The molecule has 23 heavy (non-hydrogen) atoms. The molecule has 0 saturated carbocycles. The first-order valence-electron chi connectivity index (χ1n) is 7.34. The van der Waals surface area contributed by atoms with E-state index in [1.54, 1.807) is 10.9 Å². The topological polar surface area (TPSA) is 62.6 Å². The van der Waals surface area contributed by atoms with Gasteiger partial charge in [-0.25, -0.2) is 0 Å². The monoisotopic (exact) mass is 380 g/mol. The Morgan fingerprint density at radius 1 is 1.35 bits per heavy atom. The maximum atomic E-state index is 11.9. The largest absolute Gasteiger partial charge is 0.486 e. The van der Waals surface area contributed by atoms with Crippen LogP contribution in [-0.4, -0.2) is 29.0 Å². The second-order valence-electron chi connectivity index (χ2n) is 5.28. The minimum Gasteiger partial charge on any atom is -0.486 e. The summed E-state index contributed by atoms with van der Waals surface area (Å²) in [7, 11) is 0. The Hall–Kier alpha value is -2.02. The molecule has 2 heterocycles. The quantitative estimate of drug-likeness (QED) is 0.746. The highest BCUT2D eigenvalue weighted by Crippen LogP contribution is 2.35. The van der Waals surface area contributed by atoms with Crippen LogP contribution in [0.4, 0.5) is 0 Å². The Bertz CT molecular complexity index is 714. The predicted molar refractivity (Wildman–Crippen MR) is 86.5 cm³/mol. The number of aryl methyl sites for hydroxylation is 2. The molecule has 0 bridgehead atoms. The Kier molecular flexibility index (Phi) is 4.85. The standard InChI is InChI=1S/C16H17BrN2O4/c1-11-8-18-19(9-11)3-2-16(20)23-10-12-6-14-15(7-13(12)17)22-5-4-21-14/h6-9H,2-5,10H2,1H3. The van der Waals surface area contributed by atoms with Gasteiger partial charge in [0.2, 0.25) is 0 Å².